The number of nitrogens with one attached hydrogen (secondary N) is 4. The number of alkyl halides is 5. The number of rotatable bonds is 16. The lowest BCUT2D eigenvalue weighted by molar-refractivity contribution is -0.149. The van der Waals surface area contributed by atoms with Gasteiger partial charge < -0.3 is 35.9 Å². The average Bonchev–Trinajstić information content (AvgIpc) is 3.61. The second kappa shape index (κ2) is 27.0. The van der Waals surface area contributed by atoms with Crippen molar-refractivity contribution < 1.29 is 51.0 Å². The Kier molecular flexibility index (Phi) is 22.0. The molecule has 2 aromatic heterocycles. The van der Waals surface area contributed by atoms with Crippen molar-refractivity contribution in [1.29, 1.82) is 5.26 Å². The molecule has 6 rings (SSSR count). The predicted molar refractivity (Wildman–Crippen MR) is 227 cm³/mol. The third kappa shape index (κ3) is 16.9. The van der Waals surface area contributed by atoms with Gasteiger partial charge in [-0.25, -0.2) is 19.1 Å². The van der Waals surface area contributed by atoms with Crippen molar-refractivity contribution >= 4 is 64.9 Å². The number of amides is 2. The van der Waals surface area contributed by atoms with Crippen molar-refractivity contribution in [2.75, 3.05) is 69.4 Å². The molecule has 2 aliphatic rings. The van der Waals surface area contributed by atoms with Crippen molar-refractivity contribution in [1.82, 2.24) is 34.3 Å². The molecule has 2 aliphatic heterocycles. The molecule has 23 heteroatoms. The minimum Gasteiger partial charge on any atom is -0.477 e. The second-order valence-corrected chi connectivity index (χ2v) is 14.8. The van der Waals surface area contributed by atoms with Gasteiger partial charge in [-0.05, 0) is 92.5 Å². The molecule has 4 aromatic rings. The number of carboxylic acid groups (broad SMARTS) is 1. The van der Waals surface area contributed by atoms with E-state index in [2.05, 4.69) is 74.5 Å². The number of ether oxygens (including phenoxy) is 1. The molecular weight excluding hydrogens is 858 g/mol. The molecule has 0 unspecified atom stereocenters. The summed E-state index contributed by atoms with van der Waals surface area (Å²) in [5, 5.41) is 34.3. The van der Waals surface area contributed by atoms with Crippen LogP contribution in [0.25, 0.3) is 10.9 Å². The molecule has 4 heterocycles. The van der Waals surface area contributed by atoms with Gasteiger partial charge in [0.05, 0.1) is 42.9 Å². The van der Waals surface area contributed by atoms with Crippen LogP contribution in [0.15, 0.2) is 53.7 Å². The molecule has 2 aromatic carbocycles. The second-order valence-electron chi connectivity index (χ2n) is 13.6. The average molecular weight is 908 g/mol. The monoisotopic (exact) mass is 907 g/mol. The first-order valence-corrected chi connectivity index (χ1v) is 20.3. The van der Waals surface area contributed by atoms with Gasteiger partial charge in [-0.3, -0.25) is 23.6 Å². The number of piperidine rings is 2. The Hall–Kier alpha value is -6.12. The standard InChI is InChI=1S/C33H38F2N10O2S.C4H7NO2.C2H2F2O2.CH3F/c1-37-31-27-6-4-22(15-29(27)43(2)42-31)21-7-11-44(12-8-21)20-30(46)41-28-16-26(5-3-23(28)17-36)48-45-13-9-24(10-14-45)40-33-38-18-25(19-39-33)47-32(34)35;6-3-1-2-5-4-7;3-1(4)2(5)6;1-2/h3-6,15-16,18-19,21,24,32H,7-14,20H2,1-2H3,(H,37,42)(H,41,46)(H,38,39,40);3-4H,1-2H2,(H,5,7);1H,(H,5,6);1H3. The molecule has 0 saturated carbocycles. The van der Waals surface area contributed by atoms with Crippen LogP contribution in [-0.2, 0) is 26.2 Å². The number of anilines is 3. The van der Waals surface area contributed by atoms with Gasteiger partial charge in [0.15, 0.2) is 11.6 Å². The van der Waals surface area contributed by atoms with Crippen LogP contribution in [0, 0.1) is 11.3 Å². The molecule has 2 saturated heterocycles. The van der Waals surface area contributed by atoms with E-state index in [1.165, 1.54) is 18.0 Å². The Morgan fingerprint density at radius 3 is 2.25 bits per heavy atom. The maximum atomic E-state index is 13.1. The van der Waals surface area contributed by atoms with Crippen LogP contribution >= 0.6 is 11.9 Å². The quantitative estimate of drug-likeness (QED) is 0.0405. The number of likely N-dealkylation sites (tertiary alicyclic amines) is 1. The Labute approximate surface area is 364 Å². The van der Waals surface area contributed by atoms with E-state index < -0.39 is 19.0 Å². The molecule has 5 N–H and O–H groups in total. The predicted octanol–water partition coefficient (Wildman–Crippen LogP) is 5.52. The Morgan fingerprint density at radius 2 is 1.68 bits per heavy atom. The number of aromatic nitrogens is 4. The Bertz CT molecular complexity index is 2090. The molecule has 2 fully saturated rings. The zero-order valence-electron chi connectivity index (χ0n) is 34.8. The van der Waals surface area contributed by atoms with E-state index in [9.17, 15) is 41.6 Å². The summed E-state index contributed by atoms with van der Waals surface area (Å²) in [6.07, 6.45) is 4.54. The van der Waals surface area contributed by atoms with Crippen LogP contribution in [0.4, 0.5) is 39.4 Å². The molecule has 2 amide bonds. The smallest absolute Gasteiger partial charge is 0.387 e. The summed E-state index contributed by atoms with van der Waals surface area (Å²) in [7, 11) is 4.34. The normalized spacial score (nSPS) is 14.4. The van der Waals surface area contributed by atoms with Crippen LogP contribution < -0.4 is 26.0 Å². The number of hydrogen-bond donors (Lipinski definition) is 5. The number of fused-ring (bicyclic) bond motifs is 1. The van der Waals surface area contributed by atoms with Crippen LogP contribution in [0.5, 0.6) is 5.75 Å². The highest BCUT2D eigenvalue weighted by atomic mass is 32.2. The zero-order valence-corrected chi connectivity index (χ0v) is 35.6. The largest absolute Gasteiger partial charge is 0.477 e. The Balaban J connectivity index is 0.000000608. The number of hydrogen-bond acceptors (Lipinski definition) is 14. The highest BCUT2D eigenvalue weighted by Gasteiger charge is 2.24. The number of aryl methyl sites for hydroxylation is 1. The lowest BCUT2D eigenvalue weighted by Gasteiger charge is -2.32. The summed E-state index contributed by atoms with van der Waals surface area (Å²) < 4.78 is 63.8. The number of halogens is 5. The molecule has 63 heavy (non-hydrogen) atoms. The van der Waals surface area contributed by atoms with E-state index in [1.807, 2.05) is 30.9 Å². The van der Waals surface area contributed by atoms with Gasteiger partial charge in [-0.1, -0.05) is 6.07 Å². The number of carbonyl (C=O) groups excluding carboxylic acids is 3. The molecule has 0 aliphatic carbocycles. The maximum absolute atomic E-state index is 13.1. The number of carboxylic acids is 1. The number of aliphatic carboxylic acids is 1. The third-order valence-corrected chi connectivity index (χ3v) is 10.6. The summed E-state index contributed by atoms with van der Waals surface area (Å²) in [5.74, 6) is -0.621. The first kappa shape index (κ1) is 51.2. The first-order valence-electron chi connectivity index (χ1n) is 19.5. The van der Waals surface area contributed by atoms with Crippen molar-refractivity contribution in [3.63, 3.8) is 0 Å². The lowest BCUT2D eigenvalue weighted by atomic mass is 9.89. The fourth-order valence-corrected chi connectivity index (χ4v) is 7.48. The summed E-state index contributed by atoms with van der Waals surface area (Å²) >= 11 is 1.59. The minimum atomic E-state index is -3.23. The van der Waals surface area contributed by atoms with Crippen molar-refractivity contribution in [3.8, 4) is 11.8 Å². The Morgan fingerprint density at radius 1 is 1.02 bits per heavy atom. The number of nitrogens with zero attached hydrogens (tertiary/aromatic N) is 7. The lowest BCUT2D eigenvalue weighted by Crippen LogP contribution is -2.38. The highest BCUT2D eigenvalue weighted by Crippen LogP contribution is 2.33. The molecular formula is C40H50F5N11O6S. The van der Waals surface area contributed by atoms with Gasteiger partial charge in [0.25, 0.3) is 0 Å². The molecule has 342 valence electrons. The SMILES string of the molecule is CF.CNc1nn(C)c2cc(C3CCN(CC(=O)Nc4cc(SN5CCC(Nc6ncc(OC(F)F)cn6)CC5)ccc4C#N)CC3)ccc12.O=C(O)C(F)F.O=CCCNC=O. The number of benzene rings is 2. The summed E-state index contributed by atoms with van der Waals surface area (Å²) in [5.41, 5.74) is 3.34. The van der Waals surface area contributed by atoms with Gasteiger partial charge in [0, 0.05) is 56.5 Å². The number of nitriles is 1. The van der Waals surface area contributed by atoms with E-state index in [0.29, 0.717) is 49.7 Å². The third-order valence-electron chi connectivity index (χ3n) is 9.48. The zero-order chi connectivity index (χ0) is 46.3. The van der Waals surface area contributed by atoms with Gasteiger partial charge in [-0.2, -0.15) is 27.9 Å². The van der Waals surface area contributed by atoms with Crippen LogP contribution in [-0.4, -0.2) is 131 Å². The molecule has 0 spiro atoms. The maximum Gasteiger partial charge on any atom is 0.387 e. The molecule has 0 radical (unpaired) electrons. The summed E-state index contributed by atoms with van der Waals surface area (Å²) in [6.45, 7) is 1.03. The summed E-state index contributed by atoms with van der Waals surface area (Å²) in [6, 6.07) is 14.4. The highest BCUT2D eigenvalue weighted by molar-refractivity contribution is 7.97. The van der Waals surface area contributed by atoms with Gasteiger partial charge >= 0.3 is 19.0 Å². The van der Waals surface area contributed by atoms with E-state index in [-0.39, 0.29) is 24.2 Å². The van der Waals surface area contributed by atoms with E-state index >= 15 is 0 Å². The van der Waals surface area contributed by atoms with Crippen LogP contribution in [0.1, 0.15) is 49.1 Å². The number of aldehydes is 1. The summed E-state index contributed by atoms with van der Waals surface area (Å²) in [4.78, 5) is 52.3. The van der Waals surface area contributed by atoms with E-state index in [0.717, 1.165) is 79.8 Å². The van der Waals surface area contributed by atoms with Crippen molar-refractivity contribution in [2.24, 2.45) is 7.05 Å². The van der Waals surface area contributed by atoms with E-state index in [4.69, 9.17) is 9.90 Å². The van der Waals surface area contributed by atoms with Gasteiger partial charge in [-0.15, -0.1) is 0 Å². The number of carbonyl (C=O) groups is 4. The fourth-order valence-electron chi connectivity index (χ4n) is 6.49. The van der Waals surface area contributed by atoms with Crippen LogP contribution in [0.3, 0.4) is 0 Å². The molecule has 0 atom stereocenters. The van der Waals surface area contributed by atoms with E-state index in [1.54, 1.807) is 18.0 Å². The van der Waals surface area contributed by atoms with Gasteiger partial charge in [0.1, 0.15) is 12.4 Å². The topological polar surface area (TPSA) is 220 Å². The fraction of sp³-hybridized carbons (Fsp3) is 0.450. The molecule has 0 bridgehead atoms. The van der Waals surface area contributed by atoms with Crippen LogP contribution in [0.2, 0.25) is 0 Å². The first-order chi connectivity index (χ1) is 30.3. The van der Waals surface area contributed by atoms with Crippen molar-refractivity contribution in [2.45, 2.75) is 62.0 Å². The van der Waals surface area contributed by atoms with Crippen molar-refractivity contribution in [3.05, 3.63) is 59.9 Å². The minimum absolute atomic E-state index is 0.0841. The molecule has 17 nitrogen and oxygen atoms in total. The van der Waals surface area contributed by atoms with Gasteiger partial charge in [0.2, 0.25) is 18.3 Å².